The maximum Gasteiger partial charge on any atom is 0.117 e. The number of hydrazine groups is 1. The van der Waals surface area contributed by atoms with Gasteiger partial charge >= 0.3 is 0 Å². The summed E-state index contributed by atoms with van der Waals surface area (Å²) < 4.78 is 1.77. The molecule has 0 aliphatic heterocycles. The Balaban J connectivity index is 1.69. The lowest BCUT2D eigenvalue weighted by molar-refractivity contribution is 0.736. The van der Waals surface area contributed by atoms with Gasteiger partial charge in [-0.2, -0.15) is 0 Å². The quantitative estimate of drug-likeness (QED) is 0.725. The fourth-order valence-corrected chi connectivity index (χ4v) is 2.16. The van der Waals surface area contributed by atoms with Gasteiger partial charge in [-0.1, -0.05) is 28.9 Å². The van der Waals surface area contributed by atoms with Crippen molar-refractivity contribution in [2.75, 3.05) is 5.43 Å². The van der Waals surface area contributed by atoms with Gasteiger partial charge in [-0.15, -0.1) is 5.10 Å². The Kier molecular flexibility index (Phi) is 3.54. The van der Waals surface area contributed by atoms with E-state index >= 15 is 0 Å². The summed E-state index contributed by atoms with van der Waals surface area (Å²) in [6, 6.07) is 13.6. The number of benzene rings is 2. The topological polar surface area (TPSA) is 54.8 Å². The zero-order chi connectivity index (χ0) is 13.9. The molecule has 0 spiro atoms. The number of nitrogens with one attached hydrogen (secondary N) is 2. The van der Waals surface area contributed by atoms with Crippen LogP contribution in [0.15, 0.2) is 42.5 Å². The van der Waals surface area contributed by atoms with Crippen molar-refractivity contribution >= 4 is 28.3 Å². The van der Waals surface area contributed by atoms with Crippen LogP contribution >= 0.6 is 11.6 Å². The Labute approximate surface area is 121 Å². The highest BCUT2D eigenvalue weighted by Gasteiger charge is 2.05. The molecule has 2 N–H and O–H groups in total. The third-order valence-electron chi connectivity index (χ3n) is 3.08. The number of fused-ring (bicyclic) bond motifs is 1. The zero-order valence-corrected chi connectivity index (χ0v) is 11.7. The standard InChI is InChI=1S/C14H14ClN5/c1-20-13-4-2-3-10(14(13)18-19-20)9-16-17-12-7-5-11(15)6-8-12/h2-8,16-17H,9H2,1H3. The van der Waals surface area contributed by atoms with Gasteiger partial charge in [0.05, 0.1) is 5.52 Å². The van der Waals surface area contributed by atoms with Crippen LogP contribution in [0.5, 0.6) is 0 Å². The monoisotopic (exact) mass is 287 g/mol. The Morgan fingerprint density at radius 3 is 2.75 bits per heavy atom. The molecule has 5 nitrogen and oxygen atoms in total. The van der Waals surface area contributed by atoms with Crippen LogP contribution in [0, 0.1) is 0 Å². The van der Waals surface area contributed by atoms with Crippen molar-refractivity contribution in [2.24, 2.45) is 7.05 Å². The summed E-state index contributed by atoms with van der Waals surface area (Å²) in [5, 5.41) is 8.94. The van der Waals surface area contributed by atoms with E-state index in [1.807, 2.05) is 49.5 Å². The van der Waals surface area contributed by atoms with E-state index in [0.29, 0.717) is 6.54 Å². The molecule has 0 fully saturated rings. The van der Waals surface area contributed by atoms with Crippen LogP contribution in [0.2, 0.25) is 5.02 Å². The third-order valence-corrected chi connectivity index (χ3v) is 3.33. The minimum atomic E-state index is 0.651. The molecule has 20 heavy (non-hydrogen) atoms. The summed E-state index contributed by atoms with van der Waals surface area (Å²) in [6.07, 6.45) is 0. The van der Waals surface area contributed by atoms with Gasteiger partial charge in [0, 0.05) is 24.3 Å². The van der Waals surface area contributed by atoms with E-state index < -0.39 is 0 Å². The fourth-order valence-electron chi connectivity index (χ4n) is 2.03. The number of anilines is 1. The van der Waals surface area contributed by atoms with E-state index in [2.05, 4.69) is 21.2 Å². The van der Waals surface area contributed by atoms with E-state index in [0.717, 1.165) is 27.3 Å². The molecule has 102 valence electrons. The van der Waals surface area contributed by atoms with Crippen molar-refractivity contribution in [3.63, 3.8) is 0 Å². The Morgan fingerprint density at radius 1 is 1.15 bits per heavy atom. The maximum atomic E-state index is 5.84. The predicted octanol–water partition coefficient (Wildman–Crippen LogP) is 2.74. The number of hydrogen-bond donors (Lipinski definition) is 2. The molecular formula is C14H14ClN5. The van der Waals surface area contributed by atoms with Gasteiger partial charge in [0.25, 0.3) is 0 Å². The Hall–Kier alpha value is -2.11. The van der Waals surface area contributed by atoms with E-state index in [1.54, 1.807) is 4.68 Å². The van der Waals surface area contributed by atoms with E-state index in [9.17, 15) is 0 Å². The normalized spacial score (nSPS) is 10.9. The summed E-state index contributed by atoms with van der Waals surface area (Å²) in [6.45, 7) is 0.651. The van der Waals surface area contributed by atoms with E-state index in [1.165, 1.54) is 0 Å². The molecule has 0 amide bonds. The molecule has 3 aromatic rings. The smallest absolute Gasteiger partial charge is 0.117 e. The first-order valence-corrected chi connectivity index (χ1v) is 6.63. The second kappa shape index (κ2) is 5.48. The zero-order valence-electron chi connectivity index (χ0n) is 11.0. The van der Waals surface area contributed by atoms with Crippen LogP contribution in [0.3, 0.4) is 0 Å². The molecule has 0 bridgehead atoms. The Bertz CT molecular complexity index is 720. The van der Waals surface area contributed by atoms with Crippen molar-refractivity contribution in [1.82, 2.24) is 20.4 Å². The van der Waals surface area contributed by atoms with Crippen LogP contribution in [0.25, 0.3) is 11.0 Å². The largest absolute Gasteiger partial charge is 0.321 e. The summed E-state index contributed by atoms with van der Waals surface area (Å²) in [5.74, 6) is 0. The molecule has 6 heteroatoms. The molecule has 1 heterocycles. The number of halogens is 1. The molecule has 0 saturated carbocycles. The summed E-state index contributed by atoms with van der Waals surface area (Å²) in [7, 11) is 1.89. The van der Waals surface area contributed by atoms with Crippen molar-refractivity contribution < 1.29 is 0 Å². The fraction of sp³-hybridized carbons (Fsp3) is 0.143. The minimum absolute atomic E-state index is 0.651. The van der Waals surface area contributed by atoms with Gasteiger partial charge in [-0.3, -0.25) is 0 Å². The highest BCUT2D eigenvalue weighted by molar-refractivity contribution is 6.30. The molecule has 0 aliphatic carbocycles. The molecule has 2 aromatic carbocycles. The van der Waals surface area contributed by atoms with Gasteiger partial charge in [0.1, 0.15) is 5.52 Å². The molecule has 0 aliphatic rings. The number of aryl methyl sites for hydroxylation is 1. The molecule has 0 saturated heterocycles. The lowest BCUT2D eigenvalue weighted by Crippen LogP contribution is -2.20. The molecule has 3 rings (SSSR count). The number of rotatable bonds is 4. The van der Waals surface area contributed by atoms with Gasteiger partial charge in [-0.05, 0) is 35.9 Å². The first-order valence-electron chi connectivity index (χ1n) is 6.26. The number of hydrogen-bond acceptors (Lipinski definition) is 4. The van der Waals surface area contributed by atoms with Crippen LogP contribution in [0.4, 0.5) is 5.69 Å². The summed E-state index contributed by atoms with van der Waals surface area (Å²) >= 11 is 5.84. The van der Waals surface area contributed by atoms with Crippen LogP contribution in [0.1, 0.15) is 5.56 Å². The van der Waals surface area contributed by atoms with Gasteiger partial charge in [0.15, 0.2) is 0 Å². The highest BCUT2D eigenvalue weighted by atomic mass is 35.5. The van der Waals surface area contributed by atoms with Crippen molar-refractivity contribution in [2.45, 2.75) is 6.54 Å². The highest BCUT2D eigenvalue weighted by Crippen LogP contribution is 2.16. The molecule has 0 unspecified atom stereocenters. The second-order valence-electron chi connectivity index (χ2n) is 4.48. The lowest BCUT2D eigenvalue weighted by atomic mass is 10.2. The van der Waals surface area contributed by atoms with Crippen LogP contribution in [-0.2, 0) is 13.6 Å². The average Bonchev–Trinajstić information content (AvgIpc) is 2.84. The average molecular weight is 288 g/mol. The predicted molar refractivity (Wildman–Crippen MR) is 80.4 cm³/mol. The van der Waals surface area contributed by atoms with E-state index in [4.69, 9.17) is 11.6 Å². The molecular weight excluding hydrogens is 274 g/mol. The van der Waals surface area contributed by atoms with Gasteiger partial charge in [0.2, 0.25) is 0 Å². The van der Waals surface area contributed by atoms with Gasteiger partial charge in [-0.25, -0.2) is 10.1 Å². The van der Waals surface area contributed by atoms with Crippen molar-refractivity contribution in [1.29, 1.82) is 0 Å². The van der Waals surface area contributed by atoms with Crippen LogP contribution < -0.4 is 10.9 Å². The third kappa shape index (κ3) is 2.59. The SMILES string of the molecule is Cn1nnc2c(CNNc3ccc(Cl)cc3)cccc21. The first kappa shape index (κ1) is 12.9. The molecule has 0 atom stereocenters. The molecule has 0 radical (unpaired) electrons. The first-order chi connectivity index (χ1) is 9.74. The van der Waals surface area contributed by atoms with E-state index in [-0.39, 0.29) is 0 Å². The summed E-state index contributed by atoms with van der Waals surface area (Å²) in [5.41, 5.74) is 10.3. The van der Waals surface area contributed by atoms with Gasteiger partial charge < -0.3 is 5.43 Å². The van der Waals surface area contributed by atoms with Crippen LogP contribution in [-0.4, -0.2) is 15.0 Å². The minimum Gasteiger partial charge on any atom is -0.321 e. The maximum absolute atomic E-state index is 5.84. The number of aromatic nitrogens is 3. The lowest BCUT2D eigenvalue weighted by Gasteiger charge is -2.08. The van der Waals surface area contributed by atoms with Crippen molar-refractivity contribution in [3.05, 3.63) is 53.1 Å². The number of nitrogens with zero attached hydrogens (tertiary/aromatic N) is 3. The Morgan fingerprint density at radius 2 is 1.95 bits per heavy atom. The molecule has 1 aromatic heterocycles. The summed E-state index contributed by atoms with van der Waals surface area (Å²) in [4.78, 5) is 0. The second-order valence-corrected chi connectivity index (χ2v) is 4.92. The van der Waals surface area contributed by atoms with Crippen molar-refractivity contribution in [3.8, 4) is 0 Å².